The van der Waals surface area contributed by atoms with Crippen LogP contribution in [0.5, 0.6) is 0 Å². The summed E-state index contributed by atoms with van der Waals surface area (Å²) < 4.78 is 4.84. The van der Waals surface area contributed by atoms with Crippen LogP contribution in [0, 0.1) is 18.3 Å². The summed E-state index contributed by atoms with van der Waals surface area (Å²) in [5.41, 5.74) is 1.65. The van der Waals surface area contributed by atoms with Gasteiger partial charge in [0.25, 0.3) is 0 Å². The first-order valence-electron chi connectivity index (χ1n) is 4.82. The van der Waals surface area contributed by atoms with Crippen LogP contribution in [0.25, 0.3) is 0 Å². The van der Waals surface area contributed by atoms with Gasteiger partial charge in [-0.3, -0.25) is 4.79 Å². The molecule has 0 saturated heterocycles. The third kappa shape index (κ3) is 2.57. The van der Waals surface area contributed by atoms with Crippen molar-refractivity contribution in [2.24, 2.45) is 0 Å². The monoisotopic (exact) mass is 203 g/mol. The van der Waals surface area contributed by atoms with E-state index in [-0.39, 0.29) is 0 Å². The molecule has 0 heterocycles. The molecule has 3 nitrogen and oxygen atoms in total. The molecule has 0 aliphatic heterocycles. The van der Waals surface area contributed by atoms with Crippen LogP contribution < -0.4 is 0 Å². The van der Waals surface area contributed by atoms with E-state index in [1.807, 2.05) is 31.2 Å². The van der Waals surface area contributed by atoms with Crippen molar-refractivity contribution in [3.63, 3.8) is 0 Å². The van der Waals surface area contributed by atoms with Crippen molar-refractivity contribution in [3.05, 3.63) is 35.4 Å². The van der Waals surface area contributed by atoms with Crippen LogP contribution in [0.15, 0.2) is 24.3 Å². The highest BCUT2D eigenvalue weighted by atomic mass is 16.5. The second-order valence-corrected chi connectivity index (χ2v) is 3.17. The predicted octanol–water partition coefficient (Wildman–Crippen LogP) is 2.17. The number of benzene rings is 1. The normalized spacial score (nSPS) is 11.5. The van der Waals surface area contributed by atoms with Crippen molar-refractivity contribution < 1.29 is 9.53 Å². The summed E-state index contributed by atoms with van der Waals surface area (Å²) in [6.45, 7) is 3.89. The lowest BCUT2D eigenvalue weighted by molar-refractivity contribution is -0.143. The Kier molecular flexibility index (Phi) is 3.87. The molecule has 0 radical (unpaired) electrons. The minimum absolute atomic E-state index is 0.295. The molecule has 0 spiro atoms. The summed E-state index contributed by atoms with van der Waals surface area (Å²) in [7, 11) is 0. The molecule has 0 amide bonds. The Morgan fingerprint density at radius 3 is 2.73 bits per heavy atom. The lowest BCUT2D eigenvalue weighted by atomic mass is 9.96. The molecule has 78 valence electrons. The first kappa shape index (κ1) is 11.3. The molecule has 15 heavy (non-hydrogen) atoms. The van der Waals surface area contributed by atoms with E-state index < -0.39 is 11.9 Å². The molecule has 0 fully saturated rings. The molecular formula is C12H13NO2. The average Bonchev–Trinajstić information content (AvgIpc) is 2.22. The first-order chi connectivity index (χ1) is 7.20. The molecule has 3 heteroatoms. The molecule has 0 aliphatic rings. The largest absolute Gasteiger partial charge is 0.465 e. The van der Waals surface area contributed by atoms with Crippen LogP contribution in [-0.2, 0) is 9.53 Å². The van der Waals surface area contributed by atoms with Crippen molar-refractivity contribution in [1.29, 1.82) is 5.26 Å². The van der Waals surface area contributed by atoms with Gasteiger partial charge in [-0.25, -0.2) is 0 Å². The van der Waals surface area contributed by atoms with Crippen molar-refractivity contribution in [3.8, 4) is 6.07 Å². The molecule has 0 aliphatic carbocycles. The fourth-order valence-electron chi connectivity index (χ4n) is 1.39. The minimum Gasteiger partial charge on any atom is -0.465 e. The van der Waals surface area contributed by atoms with Gasteiger partial charge >= 0.3 is 5.97 Å². The molecule has 0 aromatic heterocycles. The maximum absolute atomic E-state index is 11.5. The second-order valence-electron chi connectivity index (χ2n) is 3.17. The Labute approximate surface area is 89.3 Å². The summed E-state index contributed by atoms with van der Waals surface area (Å²) in [4.78, 5) is 11.5. The first-order valence-corrected chi connectivity index (χ1v) is 4.82. The van der Waals surface area contributed by atoms with Crippen LogP contribution in [0.2, 0.25) is 0 Å². The number of hydrogen-bond donors (Lipinski definition) is 0. The number of ether oxygens (including phenoxy) is 1. The SMILES string of the molecule is CCOC(=O)C(C#N)c1ccccc1C. The fourth-order valence-corrected chi connectivity index (χ4v) is 1.39. The van der Waals surface area contributed by atoms with Gasteiger partial charge in [-0.2, -0.15) is 5.26 Å². The Morgan fingerprint density at radius 2 is 2.20 bits per heavy atom. The van der Waals surface area contributed by atoms with Gasteiger partial charge in [-0.1, -0.05) is 24.3 Å². The van der Waals surface area contributed by atoms with Crippen LogP contribution in [0.4, 0.5) is 0 Å². The number of esters is 1. The predicted molar refractivity (Wildman–Crippen MR) is 56.2 cm³/mol. The van der Waals surface area contributed by atoms with Gasteiger partial charge in [0.05, 0.1) is 12.7 Å². The maximum Gasteiger partial charge on any atom is 0.327 e. The highest BCUT2D eigenvalue weighted by molar-refractivity contribution is 5.81. The zero-order valence-electron chi connectivity index (χ0n) is 8.86. The smallest absolute Gasteiger partial charge is 0.327 e. The maximum atomic E-state index is 11.5. The summed E-state index contributed by atoms with van der Waals surface area (Å²) in [6.07, 6.45) is 0. The van der Waals surface area contributed by atoms with Gasteiger partial charge < -0.3 is 4.74 Å². The molecular weight excluding hydrogens is 190 g/mol. The van der Waals surface area contributed by atoms with E-state index in [0.717, 1.165) is 11.1 Å². The van der Waals surface area contributed by atoms with E-state index in [1.54, 1.807) is 13.0 Å². The highest BCUT2D eigenvalue weighted by Gasteiger charge is 2.22. The molecule has 0 saturated carbocycles. The molecule has 1 aromatic rings. The van der Waals surface area contributed by atoms with Gasteiger partial charge in [-0.05, 0) is 25.0 Å². The van der Waals surface area contributed by atoms with Crippen molar-refractivity contribution in [2.75, 3.05) is 6.61 Å². The Bertz CT molecular complexity index is 393. The molecule has 1 rings (SSSR count). The van der Waals surface area contributed by atoms with Crippen LogP contribution in [0.1, 0.15) is 24.0 Å². The lowest BCUT2D eigenvalue weighted by Gasteiger charge is -2.10. The number of rotatable bonds is 3. The van der Waals surface area contributed by atoms with E-state index in [1.165, 1.54) is 0 Å². The van der Waals surface area contributed by atoms with E-state index in [4.69, 9.17) is 10.00 Å². The van der Waals surface area contributed by atoms with Crippen LogP contribution >= 0.6 is 0 Å². The third-order valence-electron chi connectivity index (χ3n) is 2.15. The standard InChI is InChI=1S/C12H13NO2/c1-3-15-12(14)11(8-13)10-7-5-4-6-9(10)2/h4-7,11H,3H2,1-2H3. The number of carbonyl (C=O) groups is 1. The summed E-state index contributed by atoms with van der Waals surface area (Å²) in [6, 6.07) is 9.31. The zero-order chi connectivity index (χ0) is 11.3. The lowest BCUT2D eigenvalue weighted by Crippen LogP contribution is -2.15. The fraction of sp³-hybridized carbons (Fsp3) is 0.333. The Morgan fingerprint density at radius 1 is 1.53 bits per heavy atom. The minimum atomic E-state index is -0.814. The van der Waals surface area contributed by atoms with E-state index in [0.29, 0.717) is 6.61 Å². The summed E-state index contributed by atoms with van der Waals surface area (Å²) >= 11 is 0. The van der Waals surface area contributed by atoms with Gasteiger partial charge in [0.1, 0.15) is 0 Å². The van der Waals surface area contributed by atoms with E-state index in [2.05, 4.69) is 0 Å². The van der Waals surface area contributed by atoms with Gasteiger partial charge in [0.15, 0.2) is 5.92 Å². The topological polar surface area (TPSA) is 50.1 Å². The number of aryl methyl sites for hydroxylation is 1. The van der Waals surface area contributed by atoms with Crippen molar-refractivity contribution >= 4 is 5.97 Å². The van der Waals surface area contributed by atoms with E-state index >= 15 is 0 Å². The highest BCUT2D eigenvalue weighted by Crippen LogP contribution is 2.20. The summed E-state index contributed by atoms with van der Waals surface area (Å²) in [5, 5.41) is 8.95. The van der Waals surface area contributed by atoms with Crippen molar-refractivity contribution in [1.82, 2.24) is 0 Å². The average molecular weight is 203 g/mol. The molecule has 0 bridgehead atoms. The Balaban J connectivity index is 2.99. The van der Waals surface area contributed by atoms with Gasteiger partial charge in [0, 0.05) is 0 Å². The third-order valence-corrected chi connectivity index (χ3v) is 2.15. The number of nitrogens with zero attached hydrogens (tertiary/aromatic N) is 1. The molecule has 0 N–H and O–H groups in total. The van der Waals surface area contributed by atoms with Crippen LogP contribution in [-0.4, -0.2) is 12.6 Å². The van der Waals surface area contributed by atoms with Crippen LogP contribution in [0.3, 0.4) is 0 Å². The quantitative estimate of drug-likeness (QED) is 0.707. The summed E-state index contributed by atoms with van der Waals surface area (Å²) in [5.74, 6) is -1.29. The van der Waals surface area contributed by atoms with Gasteiger partial charge in [0.2, 0.25) is 0 Å². The van der Waals surface area contributed by atoms with Gasteiger partial charge in [-0.15, -0.1) is 0 Å². The zero-order valence-corrected chi connectivity index (χ0v) is 8.86. The number of carbonyl (C=O) groups excluding carboxylic acids is 1. The molecule has 1 unspecified atom stereocenters. The van der Waals surface area contributed by atoms with E-state index in [9.17, 15) is 4.79 Å². The molecule has 1 aromatic carbocycles. The Hall–Kier alpha value is -1.82. The second kappa shape index (κ2) is 5.16. The number of nitriles is 1. The van der Waals surface area contributed by atoms with Crippen molar-refractivity contribution in [2.45, 2.75) is 19.8 Å². The molecule has 1 atom stereocenters. The number of hydrogen-bond acceptors (Lipinski definition) is 3.